The molecular weight excluding hydrogens is 593 g/mol. The SMILES string of the molecule is C1=CC2C(C3=c4ccccc4=CCC3)=c3ccccc3=C(c3ccc(-c4cccc5c4oc4c(-c6ccccc6)cccc45)cc3)C2C=C1. The van der Waals surface area contributed by atoms with Gasteiger partial charge in [-0.1, -0.05) is 170 Å². The molecule has 0 fully saturated rings. The van der Waals surface area contributed by atoms with Crippen molar-refractivity contribution in [1.29, 1.82) is 0 Å². The summed E-state index contributed by atoms with van der Waals surface area (Å²) in [6.45, 7) is 0. The lowest BCUT2D eigenvalue weighted by Crippen LogP contribution is -2.42. The highest BCUT2D eigenvalue weighted by atomic mass is 16.3. The van der Waals surface area contributed by atoms with E-state index in [4.69, 9.17) is 4.42 Å². The van der Waals surface area contributed by atoms with Crippen molar-refractivity contribution >= 4 is 44.7 Å². The van der Waals surface area contributed by atoms with Crippen molar-refractivity contribution < 1.29 is 4.42 Å². The standard InChI is InChI=1S/C48H34O/c1-2-13-32(14-3-1)36-22-11-25-43-44-26-12-23-37(48(44)49-47(36)43)33-27-29-34(30-28-33)45-39-18-6-8-20-41(39)46(42-21-9-7-19-40(42)45)38-24-10-16-31-15-4-5-17-35(31)38/h1-9,11-23,25-30,39,41H,10,24H2. The van der Waals surface area contributed by atoms with Crippen molar-refractivity contribution in [2.45, 2.75) is 12.8 Å². The second-order valence-corrected chi connectivity index (χ2v) is 13.4. The summed E-state index contributed by atoms with van der Waals surface area (Å²) in [5.74, 6) is 0.556. The minimum Gasteiger partial charge on any atom is -0.455 e. The van der Waals surface area contributed by atoms with Gasteiger partial charge in [-0.15, -0.1) is 0 Å². The molecule has 0 amide bonds. The molecule has 0 N–H and O–H groups in total. The summed E-state index contributed by atoms with van der Waals surface area (Å²) in [6, 6.07) is 50.7. The van der Waals surface area contributed by atoms with Crippen molar-refractivity contribution in [2.24, 2.45) is 11.8 Å². The molecule has 0 spiro atoms. The molecule has 2 unspecified atom stereocenters. The summed E-state index contributed by atoms with van der Waals surface area (Å²) in [5, 5.41) is 7.77. The third-order valence-corrected chi connectivity index (χ3v) is 10.8. The molecule has 10 rings (SSSR count). The number of furan rings is 1. The van der Waals surface area contributed by atoms with E-state index in [1.807, 2.05) is 0 Å². The average molecular weight is 627 g/mol. The predicted octanol–water partition coefficient (Wildman–Crippen LogP) is 9.07. The van der Waals surface area contributed by atoms with Crippen molar-refractivity contribution in [2.75, 3.05) is 0 Å². The van der Waals surface area contributed by atoms with Gasteiger partial charge in [0.05, 0.1) is 0 Å². The Kier molecular flexibility index (Phi) is 6.52. The van der Waals surface area contributed by atoms with Gasteiger partial charge in [0.25, 0.3) is 0 Å². The summed E-state index contributed by atoms with van der Waals surface area (Å²) in [5.41, 5.74) is 12.1. The van der Waals surface area contributed by atoms with Crippen molar-refractivity contribution in [1.82, 2.24) is 0 Å². The van der Waals surface area contributed by atoms with Crippen molar-refractivity contribution in [3.63, 3.8) is 0 Å². The number of para-hydroxylation sites is 2. The zero-order valence-electron chi connectivity index (χ0n) is 27.1. The van der Waals surface area contributed by atoms with Gasteiger partial charge in [-0.05, 0) is 67.1 Å². The smallest absolute Gasteiger partial charge is 0.143 e. The van der Waals surface area contributed by atoms with Crippen LogP contribution in [0.1, 0.15) is 18.4 Å². The van der Waals surface area contributed by atoms with Crippen LogP contribution in [0.5, 0.6) is 0 Å². The van der Waals surface area contributed by atoms with E-state index < -0.39 is 0 Å². The fraction of sp³-hybridized carbons (Fsp3) is 0.0833. The average Bonchev–Trinajstić information content (AvgIpc) is 3.57. The second kappa shape index (κ2) is 11.4. The monoisotopic (exact) mass is 626 g/mol. The second-order valence-electron chi connectivity index (χ2n) is 13.4. The number of rotatable bonds is 4. The molecule has 1 aromatic heterocycles. The summed E-state index contributed by atoms with van der Waals surface area (Å²) < 4.78 is 6.75. The fourth-order valence-electron chi connectivity index (χ4n) is 8.64. The summed E-state index contributed by atoms with van der Waals surface area (Å²) in [6.07, 6.45) is 13.9. The van der Waals surface area contributed by atoms with Crippen LogP contribution in [0.15, 0.2) is 168 Å². The van der Waals surface area contributed by atoms with E-state index in [2.05, 4.69) is 170 Å². The first-order chi connectivity index (χ1) is 24.3. The molecule has 3 aliphatic rings. The Morgan fingerprint density at radius 1 is 0.449 bits per heavy atom. The normalized spacial score (nSPS) is 17.9. The van der Waals surface area contributed by atoms with Crippen LogP contribution in [0.25, 0.3) is 67.0 Å². The van der Waals surface area contributed by atoms with Gasteiger partial charge in [0.15, 0.2) is 0 Å². The van der Waals surface area contributed by atoms with Crippen LogP contribution in [-0.4, -0.2) is 0 Å². The van der Waals surface area contributed by atoms with Crippen LogP contribution in [0.4, 0.5) is 0 Å². The van der Waals surface area contributed by atoms with Gasteiger partial charge in [-0.3, -0.25) is 0 Å². The number of fused-ring (bicyclic) bond motifs is 6. The van der Waals surface area contributed by atoms with E-state index in [1.54, 1.807) is 0 Å². The van der Waals surface area contributed by atoms with Crippen molar-refractivity contribution in [3.8, 4) is 22.3 Å². The van der Waals surface area contributed by atoms with Gasteiger partial charge in [-0.2, -0.15) is 0 Å². The van der Waals surface area contributed by atoms with E-state index in [0.29, 0.717) is 5.92 Å². The molecule has 49 heavy (non-hydrogen) atoms. The Balaban J connectivity index is 1.15. The molecule has 0 radical (unpaired) electrons. The molecule has 7 aromatic rings. The maximum Gasteiger partial charge on any atom is 0.143 e. The van der Waals surface area contributed by atoms with Gasteiger partial charge in [0.1, 0.15) is 11.2 Å². The molecule has 1 heterocycles. The highest BCUT2D eigenvalue weighted by molar-refractivity contribution is 6.13. The number of hydrogen-bond donors (Lipinski definition) is 0. The maximum atomic E-state index is 6.75. The molecule has 0 aliphatic heterocycles. The van der Waals surface area contributed by atoms with Crippen molar-refractivity contribution in [3.05, 3.63) is 190 Å². The van der Waals surface area contributed by atoms with Gasteiger partial charge >= 0.3 is 0 Å². The van der Waals surface area contributed by atoms with Crippen LogP contribution in [0.3, 0.4) is 0 Å². The minimum absolute atomic E-state index is 0.265. The minimum atomic E-state index is 0.265. The van der Waals surface area contributed by atoms with Crippen LogP contribution in [0.2, 0.25) is 0 Å². The van der Waals surface area contributed by atoms with Crippen LogP contribution >= 0.6 is 0 Å². The molecule has 0 saturated heterocycles. The first-order valence-corrected chi connectivity index (χ1v) is 17.4. The van der Waals surface area contributed by atoms with E-state index in [0.717, 1.165) is 57.0 Å². The summed E-state index contributed by atoms with van der Waals surface area (Å²) in [4.78, 5) is 0. The lowest BCUT2D eigenvalue weighted by atomic mass is 9.69. The Morgan fingerprint density at radius 2 is 1.00 bits per heavy atom. The topological polar surface area (TPSA) is 13.1 Å². The summed E-state index contributed by atoms with van der Waals surface area (Å²) in [7, 11) is 0. The Hall–Kier alpha value is -5.92. The Morgan fingerprint density at radius 3 is 1.69 bits per heavy atom. The third-order valence-electron chi connectivity index (χ3n) is 10.8. The first-order valence-electron chi connectivity index (χ1n) is 17.4. The third kappa shape index (κ3) is 4.46. The molecular formula is C48H34O. The number of benzene rings is 6. The Labute approximate surface area is 285 Å². The molecule has 232 valence electrons. The van der Waals surface area contributed by atoms with E-state index in [-0.39, 0.29) is 5.92 Å². The molecule has 3 aliphatic carbocycles. The predicted molar refractivity (Wildman–Crippen MR) is 204 cm³/mol. The quantitative estimate of drug-likeness (QED) is 0.190. The van der Waals surface area contributed by atoms with E-state index in [9.17, 15) is 0 Å². The number of hydrogen-bond acceptors (Lipinski definition) is 1. The Bertz CT molecular complexity index is 2760. The summed E-state index contributed by atoms with van der Waals surface area (Å²) >= 11 is 0. The lowest BCUT2D eigenvalue weighted by molar-refractivity contribution is 0.671. The van der Waals surface area contributed by atoms with Crippen LogP contribution < -0.4 is 20.9 Å². The molecule has 1 heteroatoms. The van der Waals surface area contributed by atoms with Gasteiger partial charge in [0, 0.05) is 33.7 Å². The van der Waals surface area contributed by atoms with Gasteiger partial charge < -0.3 is 4.42 Å². The van der Waals surface area contributed by atoms with Gasteiger partial charge in [-0.25, -0.2) is 0 Å². The zero-order valence-corrected chi connectivity index (χ0v) is 27.1. The first kappa shape index (κ1) is 28.1. The largest absolute Gasteiger partial charge is 0.455 e. The van der Waals surface area contributed by atoms with Crippen LogP contribution in [0, 0.1) is 11.8 Å². The molecule has 2 atom stereocenters. The molecule has 1 nitrogen and oxygen atoms in total. The number of allylic oxidation sites excluding steroid dienone is 4. The fourth-order valence-corrected chi connectivity index (χ4v) is 8.64. The highest BCUT2D eigenvalue weighted by Crippen LogP contribution is 2.43. The maximum absolute atomic E-state index is 6.75. The molecule has 6 aromatic carbocycles. The lowest BCUT2D eigenvalue weighted by Gasteiger charge is -2.34. The van der Waals surface area contributed by atoms with Gasteiger partial charge in [0.2, 0.25) is 0 Å². The van der Waals surface area contributed by atoms with E-state index >= 15 is 0 Å². The van der Waals surface area contributed by atoms with E-state index in [1.165, 1.54) is 43.2 Å². The highest BCUT2D eigenvalue weighted by Gasteiger charge is 2.33. The molecule has 0 bridgehead atoms. The molecule has 0 saturated carbocycles. The zero-order chi connectivity index (χ0) is 32.3. The van der Waals surface area contributed by atoms with Crippen LogP contribution in [-0.2, 0) is 0 Å².